The van der Waals surface area contributed by atoms with Gasteiger partial charge in [0.25, 0.3) is 0 Å². The molecular weight excluding hydrogens is 434 g/mol. The third kappa shape index (κ3) is 5.03. The molecule has 182 valence electrons. The maximum atomic E-state index is 4.12. The summed E-state index contributed by atoms with van der Waals surface area (Å²) in [5, 5.41) is 0. The topological polar surface area (TPSA) is 4.93 Å². The third-order valence-corrected chi connectivity index (χ3v) is 8.17. The molecule has 1 heterocycles. The summed E-state index contributed by atoms with van der Waals surface area (Å²) < 4.78 is 2.52. The standard InChI is InChI=1S/C35H37N/c1-3-31(26-29-14-7-4-8-15-29)32-18-13-23-35(24-21-32,33-19-11-6-12-20-33)34-28(2)22-25-36(34)27-30-16-9-5-10-17-30/h4-12,14-17,19-20,22,25,32H,1,13,18,21,23-24,26-27H2,2H3. The highest BCUT2D eigenvalue weighted by molar-refractivity contribution is 5.42. The predicted molar refractivity (Wildman–Crippen MR) is 151 cm³/mol. The quantitative estimate of drug-likeness (QED) is 0.188. The van der Waals surface area contributed by atoms with Crippen LogP contribution in [-0.4, -0.2) is 4.57 Å². The van der Waals surface area contributed by atoms with Gasteiger partial charge in [0.1, 0.15) is 0 Å². The number of hydrogen-bond acceptors (Lipinski definition) is 0. The minimum atomic E-state index is 0.0113. The van der Waals surface area contributed by atoms with Crippen LogP contribution in [0.1, 0.15) is 60.1 Å². The minimum absolute atomic E-state index is 0.0113. The molecule has 1 heteroatoms. The van der Waals surface area contributed by atoms with Gasteiger partial charge in [0.05, 0.1) is 0 Å². The summed E-state index contributed by atoms with van der Waals surface area (Å²) in [7, 11) is 0. The van der Waals surface area contributed by atoms with Gasteiger partial charge >= 0.3 is 0 Å². The molecule has 0 N–H and O–H groups in total. The van der Waals surface area contributed by atoms with Crippen LogP contribution >= 0.6 is 0 Å². The van der Waals surface area contributed by atoms with Gasteiger partial charge in [-0.25, -0.2) is 0 Å². The van der Waals surface area contributed by atoms with E-state index in [9.17, 15) is 0 Å². The fourth-order valence-corrected chi connectivity index (χ4v) is 6.42. The Morgan fingerprint density at radius 2 is 1.47 bits per heavy atom. The Labute approximate surface area is 216 Å². The molecule has 0 radical (unpaired) electrons. The van der Waals surface area contributed by atoms with E-state index in [1.54, 1.807) is 0 Å². The molecule has 0 saturated heterocycles. The van der Waals surface area contributed by atoms with Crippen molar-refractivity contribution < 1.29 is 0 Å². The van der Waals surface area contributed by atoms with Crippen LogP contribution < -0.4 is 0 Å². The van der Waals surface area contributed by atoms with Gasteiger partial charge in [-0.05, 0) is 72.4 Å². The van der Waals surface area contributed by atoms with Gasteiger partial charge in [0, 0.05) is 30.3 Å². The zero-order chi connectivity index (χ0) is 24.8. The molecule has 1 nitrogen and oxygen atoms in total. The van der Waals surface area contributed by atoms with E-state index >= 15 is 0 Å². The van der Waals surface area contributed by atoms with E-state index in [0.717, 1.165) is 25.8 Å². The average molecular weight is 472 g/mol. The van der Waals surface area contributed by atoms with E-state index in [1.807, 2.05) is 0 Å². The van der Waals surface area contributed by atoms with Gasteiger partial charge in [-0.2, -0.15) is 0 Å². The summed E-state index contributed by atoms with van der Waals surface area (Å²) in [5.41, 5.74) is 11.8. The lowest BCUT2D eigenvalue weighted by molar-refractivity contribution is 0.408. The van der Waals surface area contributed by atoms with Crippen LogP contribution in [0.25, 0.3) is 0 Å². The first kappa shape index (κ1) is 24.2. The van der Waals surface area contributed by atoms with Crippen LogP contribution in [0.2, 0.25) is 0 Å². The van der Waals surface area contributed by atoms with Crippen molar-refractivity contribution in [3.8, 4) is 0 Å². The maximum absolute atomic E-state index is 4.12. The number of aryl methyl sites for hydroxylation is 1. The highest BCUT2D eigenvalue weighted by Crippen LogP contribution is 2.47. The monoisotopic (exact) mass is 471 g/mol. The largest absolute Gasteiger partial charge is 0.346 e. The molecule has 0 aliphatic heterocycles. The Morgan fingerprint density at radius 1 is 0.833 bits per heavy atom. The second kappa shape index (κ2) is 11.0. The lowest BCUT2D eigenvalue weighted by Crippen LogP contribution is -2.31. The van der Waals surface area contributed by atoms with Crippen molar-refractivity contribution >= 4 is 0 Å². The van der Waals surface area contributed by atoms with E-state index in [0.29, 0.717) is 5.92 Å². The van der Waals surface area contributed by atoms with Crippen molar-refractivity contribution in [2.75, 3.05) is 0 Å². The third-order valence-electron chi connectivity index (χ3n) is 8.17. The highest BCUT2D eigenvalue weighted by Gasteiger charge is 2.40. The summed E-state index contributed by atoms with van der Waals surface area (Å²) in [6, 6.07) is 35.3. The maximum Gasteiger partial charge on any atom is 0.0473 e. The summed E-state index contributed by atoms with van der Waals surface area (Å²) in [6.45, 7) is 7.33. The highest BCUT2D eigenvalue weighted by atomic mass is 15.0. The van der Waals surface area contributed by atoms with Crippen LogP contribution in [0, 0.1) is 12.8 Å². The van der Waals surface area contributed by atoms with Crippen molar-refractivity contribution in [3.63, 3.8) is 0 Å². The molecule has 3 aromatic carbocycles. The molecule has 5 rings (SSSR count). The van der Waals surface area contributed by atoms with E-state index < -0.39 is 0 Å². The lowest BCUT2D eigenvalue weighted by atomic mass is 9.70. The fraction of sp³-hybridized carbons (Fsp3) is 0.286. The van der Waals surface area contributed by atoms with Gasteiger partial charge in [0.2, 0.25) is 0 Å². The number of nitrogens with zero attached hydrogens (tertiary/aromatic N) is 1. The number of hydrogen-bond donors (Lipinski definition) is 0. The molecule has 0 amide bonds. The van der Waals surface area contributed by atoms with Gasteiger partial charge < -0.3 is 4.57 Å². The molecule has 0 bridgehead atoms. The van der Waals surface area contributed by atoms with Gasteiger partial charge in [0.15, 0.2) is 0 Å². The molecule has 1 aliphatic rings. The molecule has 1 aliphatic carbocycles. The van der Waals surface area contributed by atoms with E-state index in [4.69, 9.17) is 0 Å². The van der Waals surface area contributed by atoms with Crippen LogP contribution in [-0.2, 0) is 18.4 Å². The second-order valence-corrected chi connectivity index (χ2v) is 10.4. The number of benzene rings is 3. The normalized spacial score (nSPS) is 19.9. The molecule has 1 aromatic heterocycles. The fourth-order valence-electron chi connectivity index (χ4n) is 6.42. The first-order valence-electron chi connectivity index (χ1n) is 13.4. The number of aromatic nitrogens is 1. The molecule has 2 unspecified atom stereocenters. The molecule has 2 atom stereocenters. The lowest BCUT2D eigenvalue weighted by Gasteiger charge is -2.36. The van der Waals surface area contributed by atoms with E-state index in [2.05, 4.69) is 127 Å². The first-order valence-corrected chi connectivity index (χ1v) is 13.4. The van der Waals surface area contributed by atoms with Crippen molar-refractivity contribution in [1.82, 2.24) is 4.57 Å². The Morgan fingerprint density at radius 3 is 2.14 bits per heavy atom. The first-order chi connectivity index (χ1) is 17.7. The van der Waals surface area contributed by atoms with Crippen molar-refractivity contribution in [1.29, 1.82) is 0 Å². The predicted octanol–water partition coefficient (Wildman–Crippen LogP) is 8.67. The summed E-state index contributed by atoms with van der Waals surface area (Å²) >= 11 is 0. The molecular formula is C35H37N. The zero-order valence-corrected chi connectivity index (χ0v) is 21.5. The van der Waals surface area contributed by atoms with Crippen LogP contribution in [0.3, 0.4) is 0 Å². The van der Waals surface area contributed by atoms with Gasteiger partial charge in [-0.15, -0.1) is 5.73 Å². The minimum Gasteiger partial charge on any atom is -0.346 e. The number of allylic oxidation sites excluding steroid dienone is 1. The zero-order valence-electron chi connectivity index (χ0n) is 21.5. The van der Waals surface area contributed by atoms with Crippen LogP contribution in [0.5, 0.6) is 0 Å². The van der Waals surface area contributed by atoms with Crippen molar-refractivity contribution in [2.45, 2.75) is 57.4 Å². The second-order valence-electron chi connectivity index (χ2n) is 10.4. The summed E-state index contributed by atoms with van der Waals surface area (Å²) in [4.78, 5) is 0. The Balaban J connectivity index is 1.50. The molecule has 1 saturated carbocycles. The smallest absolute Gasteiger partial charge is 0.0473 e. The van der Waals surface area contributed by atoms with Gasteiger partial charge in [-0.3, -0.25) is 0 Å². The van der Waals surface area contributed by atoms with Crippen molar-refractivity contribution in [3.05, 3.63) is 149 Å². The SMILES string of the molecule is C=C=C(Cc1ccccc1)C1CCCC(c2ccccc2)(c2c(C)ccn2Cc2ccccc2)CC1. The average Bonchev–Trinajstić information content (AvgIpc) is 3.15. The summed E-state index contributed by atoms with van der Waals surface area (Å²) in [6.07, 6.45) is 9.14. The van der Waals surface area contributed by atoms with Crippen molar-refractivity contribution in [2.24, 2.45) is 5.92 Å². The van der Waals surface area contributed by atoms with Crippen LogP contribution in [0.15, 0.2) is 121 Å². The van der Waals surface area contributed by atoms with Gasteiger partial charge in [-0.1, -0.05) is 104 Å². The number of rotatable bonds is 7. The molecule has 4 aromatic rings. The Bertz CT molecular complexity index is 1310. The molecule has 36 heavy (non-hydrogen) atoms. The Hall–Kier alpha value is -3.54. The summed E-state index contributed by atoms with van der Waals surface area (Å²) in [5.74, 6) is 0.533. The van der Waals surface area contributed by atoms with E-state index in [1.165, 1.54) is 52.8 Å². The molecule has 0 spiro atoms. The molecule has 1 fully saturated rings. The van der Waals surface area contributed by atoms with E-state index in [-0.39, 0.29) is 5.41 Å². The Kier molecular flexibility index (Phi) is 7.40. The van der Waals surface area contributed by atoms with Crippen LogP contribution in [0.4, 0.5) is 0 Å².